The minimum atomic E-state index is 0.508. The second-order valence-corrected chi connectivity index (χ2v) is 5.79. The smallest absolute Gasteiger partial charge is 0.213 e. The molecule has 4 heteroatoms. The number of aryl methyl sites for hydroxylation is 1. The van der Waals surface area contributed by atoms with Crippen molar-refractivity contribution in [2.45, 2.75) is 39.2 Å². The third-order valence-corrected chi connectivity index (χ3v) is 3.94. The molecule has 0 amide bonds. The molecule has 0 radical (unpaired) electrons. The standard InChI is InChI=1S/C16H21N3O/c1-12(2)14-3-4-16(18-10-14)20-11-13-5-7-19-8-6-17-15(19)9-13/h3-4,6,8,10,12-13H,5,7,9,11H2,1-2H3/t13-/m1/s1. The van der Waals surface area contributed by atoms with Crippen LogP contribution in [0.25, 0.3) is 0 Å². The summed E-state index contributed by atoms with van der Waals surface area (Å²) in [5.74, 6) is 2.95. The topological polar surface area (TPSA) is 39.9 Å². The summed E-state index contributed by atoms with van der Waals surface area (Å²) in [4.78, 5) is 8.76. The lowest BCUT2D eigenvalue weighted by molar-refractivity contribution is 0.212. The van der Waals surface area contributed by atoms with Gasteiger partial charge in [0.15, 0.2) is 0 Å². The maximum atomic E-state index is 5.82. The van der Waals surface area contributed by atoms with Gasteiger partial charge in [-0.1, -0.05) is 19.9 Å². The predicted octanol–water partition coefficient (Wildman–Crippen LogP) is 3.04. The van der Waals surface area contributed by atoms with Crippen molar-refractivity contribution in [1.82, 2.24) is 14.5 Å². The van der Waals surface area contributed by atoms with Gasteiger partial charge in [-0.15, -0.1) is 0 Å². The van der Waals surface area contributed by atoms with Gasteiger partial charge in [0.2, 0.25) is 5.88 Å². The van der Waals surface area contributed by atoms with Crippen LogP contribution in [0.1, 0.15) is 37.6 Å². The average Bonchev–Trinajstić information content (AvgIpc) is 2.93. The van der Waals surface area contributed by atoms with E-state index in [2.05, 4.69) is 40.6 Å². The third-order valence-electron chi connectivity index (χ3n) is 3.94. The highest BCUT2D eigenvalue weighted by Gasteiger charge is 2.19. The van der Waals surface area contributed by atoms with E-state index in [1.165, 1.54) is 11.4 Å². The van der Waals surface area contributed by atoms with E-state index in [-0.39, 0.29) is 0 Å². The summed E-state index contributed by atoms with van der Waals surface area (Å²) in [7, 11) is 0. The van der Waals surface area contributed by atoms with Crippen LogP contribution < -0.4 is 4.74 Å². The number of imidazole rings is 1. The zero-order chi connectivity index (χ0) is 13.9. The van der Waals surface area contributed by atoms with E-state index < -0.39 is 0 Å². The fourth-order valence-corrected chi connectivity index (χ4v) is 2.58. The molecule has 1 aliphatic heterocycles. The molecule has 3 heterocycles. The Bertz CT molecular complexity index is 559. The van der Waals surface area contributed by atoms with E-state index in [4.69, 9.17) is 4.74 Å². The van der Waals surface area contributed by atoms with Gasteiger partial charge < -0.3 is 9.30 Å². The maximum absolute atomic E-state index is 5.82. The Hall–Kier alpha value is -1.84. The van der Waals surface area contributed by atoms with Gasteiger partial charge in [0.05, 0.1) is 6.61 Å². The summed E-state index contributed by atoms with van der Waals surface area (Å²) in [6.45, 7) is 6.10. The van der Waals surface area contributed by atoms with Gasteiger partial charge in [0.25, 0.3) is 0 Å². The number of hydrogen-bond donors (Lipinski definition) is 0. The van der Waals surface area contributed by atoms with Crippen LogP contribution in [0.2, 0.25) is 0 Å². The van der Waals surface area contributed by atoms with E-state index in [0.29, 0.717) is 11.8 Å². The van der Waals surface area contributed by atoms with Crippen LogP contribution in [-0.2, 0) is 13.0 Å². The van der Waals surface area contributed by atoms with Crippen LogP contribution in [0.15, 0.2) is 30.7 Å². The molecule has 0 saturated carbocycles. The summed E-state index contributed by atoms with van der Waals surface area (Å²) in [5.41, 5.74) is 1.25. The number of nitrogens with zero attached hydrogens (tertiary/aromatic N) is 3. The van der Waals surface area contributed by atoms with Crippen molar-refractivity contribution in [3.05, 3.63) is 42.1 Å². The van der Waals surface area contributed by atoms with Crippen LogP contribution in [0.3, 0.4) is 0 Å². The molecule has 106 valence electrons. The Labute approximate surface area is 119 Å². The van der Waals surface area contributed by atoms with Gasteiger partial charge in [0, 0.05) is 43.5 Å². The van der Waals surface area contributed by atoms with E-state index in [0.717, 1.165) is 31.9 Å². The van der Waals surface area contributed by atoms with E-state index in [1.54, 1.807) is 0 Å². The Morgan fingerprint density at radius 1 is 1.35 bits per heavy atom. The van der Waals surface area contributed by atoms with Crippen molar-refractivity contribution in [2.24, 2.45) is 5.92 Å². The minimum Gasteiger partial charge on any atom is -0.477 e. The highest BCUT2D eigenvalue weighted by molar-refractivity contribution is 5.20. The van der Waals surface area contributed by atoms with Gasteiger partial charge in [-0.05, 0) is 17.9 Å². The third kappa shape index (κ3) is 2.84. The Morgan fingerprint density at radius 2 is 2.25 bits per heavy atom. The van der Waals surface area contributed by atoms with E-state index in [1.807, 2.05) is 18.5 Å². The molecular formula is C16H21N3O. The van der Waals surface area contributed by atoms with Crippen molar-refractivity contribution >= 4 is 0 Å². The van der Waals surface area contributed by atoms with Gasteiger partial charge >= 0.3 is 0 Å². The number of aromatic nitrogens is 3. The summed E-state index contributed by atoms with van der Waals surface area (Å²) in [5, 5.41) is 0. The van der Waals surface area contributed by atoms with Crippen LogP contribution in [0, 0.1) is 5.92 Å². The first kappa shape index (κ1) is 13.2. The predicted molar refractivity (Wildman–Crippen MR) is 77.9 cm³/mol. The molecule has 0 fully saturated rings. The van der Waals surface area contributed by atoms with Crippen LogP contribution >= 0.6 is 0 Å². The van der Waals surface area contributed by atoms with E-state index in [9.17, 15) is 0 Å². The lowest BCUT2D eigenvalue weighted by Gasteiger charge is -2.23. The molecular weight excluding hydrogens is 250 g/mol. The number of fused-ring (bicyclic) bond motifs is 1. The molecule has 4 nitrogen and oxygen atoms in total. The van der Waals surface area contributed by atoms with Crippen molar-refractivity contribution in [2.75, 3.05) is 6.61 Å². The largest absolute Gasteiger partial charge is 0.477 e. The van der Waals surface area contributed by atoms with Gasteiger partial charge in [-0.3, -0.25) is 0 Å². The normalized spacial score (nSPS) is 18.1. The van der Waals surface area contributed by atoms with Crippen molar-refractivity contribution in [3.63, 3.8) is 0 Å². The molecule has 0 unspecified atom stereocenters. The Balaban J connectivity index is 1.55. The molecule has 0 aliphatic carbocycles. The fraction of sp³-hybridized carbons (Fsp3) is 0.500. The lowest BCUT2D eigenvalue weighted by Crippen LogP contribution is -2.24. The van der Waals surface area contributed by atoms with Crippen molar-refractivity contribution < 1.29 is 4.74 Å². The lowest BCUT2D eigenvalue weighted by atomic mass is 9.99. The molecule has 2 aromatic heterocycles. The zero-order valence-corrected chi connectivity index (χ0v) is 12.1. The highest BCUT2D eigenvalue weighted by atomic mass is 16.5. The van der Waals surface area contributed by atoms with Crippen molar-refractivity contribution in [1.29, 1.82) is 0 Å². The minimum absolute atomic E-state index is 0.508. The first-order valence-electron chi connectivity index (χ1n) is 7.31. The highest BCUT2D eigenvalue weighted by Crippen LogP contribution is 2.21. The first-order valence-corrected chi connectivity index (χ1v) is 7.31. The molecule has 1 atom stereocenters. The SMILES string of the molecule is CC(C)c1ccc(OC[C@@H]2CCn3ccnc3C2)nc1. The summed E-state index contributed by atoms with van der Waals surface area (Å²) in [6.07, 6.45) is 7.99. The van der Waals surface area contributed by atoms with Crippen LogP contribution in [0.5, 0.6) is 5.88 Å². The Kier molecular flexibility index (Phi) is 3.72. The summed E-state index contributed by atoms with van der Waals surface area (Å²) >= 11 is 0. The molecule has 0 aromatic carbocycles. The molecule has 3 rings (SSSR count). The van der Waals surface area contributed by atoms with Gasteiger partial charge in [0.1, 0.15) is 5.82 Å². The second-order valence-electron chi connectivity index (χ2n) is 5.79. The monoisotopic (exact) mass is 271 g/mol. The first-order chi connectivity index (χ1) is 9.72. The molecule has 1 aliphatic rings. The number of ether oxygens (including phenoxy) is 1. The quantitative estimate of drug-likeness (QED) is 0.858. The Morgan fingerprint density at radius 3 is 3.00 bits per heavy atom. The molecule has 0 bridgehead atoms. The fourth-order valence-electron chi connectivity index (χ4n) is 2.58. The number of hydrogen-bond acceptors (Lipinski definition) is 3. The molecule has 0 N–H and O–H groups in total. The van der Waals surface area contributed by atoms with Crippen LogP contribution in [-0.4, -0.2) is 21.1 Å². The zero-order valence-electron chi connectivity index (χ0n) is 12.1. The molecule has 20 heavy (non-hydrogen) atoms. The maximum Gasteiger partial charge on any atom is 0.213 e. The van der Waals surface area contributed by atoms with Gasteiger partial charge in [-0.25, -0.2) is 9.97 Å². The molecule has 0 spiro atoms. The van der Waals surface area contributed by atoms with E-state index >= 15 is 0 Å². The van der Waals surface area contributed by atoms with Gasteiger partial charge in [-0.2, -0.15) is 0 Å². The molecule has 0 saturated heterocycles. The average molecular weight is 271 g/mol. The number of rotatable bonds is 4. The summed E-state index contributed by atoms with van der Waals surface area (Å²) < 4.78 is 8.05. The summed E-state index contributed by atoms with van der Waals surface area (Å²) in [6, 6.07) is 4.07. The molecule has 2 aromatic rings. The van der Waals surface area contributed by atoms with Crippen LogP contribution in [0.4, 0.5) is 0 Å². The second kappa shape index (κ2) is 5.65. The number of pyridine rings is 1. The van der Waals surface area contributed by atoms with Crippen molar-refractivity contribution in [3.8, 4) is 5.88 Å².